The SMILES string of the molecule is CCCCc1nc(CNC2(CO)CCCC2)no1. The van der Waals surface area contributed by atoms with Crippen LogP contribution in [0.2, 0.25) is 0 Å². The van der Waals surface area contributed by atoms with Crippen LogP contribution in [0.25, 0.3) is 0 Å². The van der Waals surface area contributed by atoms with Crippen molar-refractivity contribution < 1.29 is 9.63 Å². The zero-order chi connectivity index (χ0) is 12.8. The molecule has 0 aliphatic heterocycles. The van der Waals surface area contributed by atoms with Crippen LogP contribution < -0.4 is 5.32 Å². The Labute approximate surface area is 108 Å². The smallest absolute Gasteiger partial charge is 0.226 e. The number of nitrogens with one attached hydrogen (secondary N) is 1. The average Bonchev–Trinajstić information content (AvgIpc) is 3.04. The second-order valence-electron chi connectivity index (χ2n) is 5.21. The Kier molecular flexibility index (Phi) is 4.72. The number of aryl methyl sites for hydroxylation is 1. The monoisotopic (exact) mass is 253 g/mol. The highest BCUT2D eigenvalue weighted by atomic mass is 16.5. The molecule has 1 aromatic heterocycles. The van der Waals surface area contributed by atoms with Crippen LogP contribution in [0.4, 0.5) is 0 Å². The highest BCUT2D eigenvalue weighted by Gasteiger charge is 2.32. The van der Waals surface area contributed by atoms with E-state index in [1.165, 1.54) is 12.8 Å². The Morgan fingerprint density at radius 2 is 2.17 bits per heavy atom. The molecule has 0 saturated heterocycles. The van der Waals surface area contributed by atoms with Crippen molar-refractivity contribution in [3.05, 3.63) is 11.7 Å². The van der Waals surface area contributed by atoms with Gasteiger partial charge in [-0.2, -0.15) is 4.98 Å². The van der Waals surface area contributed by atoms with Gasteiger partial charge in [-0.3, -0.25) is 0 Å². The van der Waals surface area contributed by atoms with Gasteiger partial charge in [-0.25, -0.2) is 0 Å². The molecule has 1 aromatic rings. The summed E-state index contributed by atoms with van der Waals surface area (Å²) in [7, 11) is 0. The van der Waals surface area contributed by atoms with E-state index in [2.05, 4.69) is 22.4 Å². The third kappa shape index (κ3) is 3.29. The third-order valence-corrected chi connectivity index (χ3v) is 3.74. The summed E-state index contributed by atoms with van der Waals surface area (Å²) in [5.41, 5.74) is -0.121. The number of rotatable bonds is 7. The summed E-state index contributed by atoms with van der Waals surface area (Å²) in [4.78, 5) is 4.35. The van der Waals surface area contributed by atoms with Crippen LogP contribution in [0.1, 0.15) is 57.2 Å². The summed E-state index contributed by atoms with van der Waals surface area (Å²) in [6.07, 6.45) is 7.49. The molecule has 2 rings (SSSR count). The van der Waals surface area contributed by atoms with Gasteiger partial charge in [0.05, 0.1) is 13.2 Å². The molecular formula is C13H23N3O2. The molecule has 0 spiro atoms. The van der Waals surface area contributed by atoms with E-state index in [0.717, 1.165) is 38.0 Å². The zero-order valence-electron chi connectivity index (χ0n) is 11.1. The fraction of sp³-hybridized carbons (Fsp3) is 0.846. The van der Waals surface area contributed by atoms with Gasteiger partial charge in [0, 0.05) is 12.0 Å². The molecule has 1 saturated carbocycles. The Morgan fingerprint density at radius 1 is 1.39 bits per heavy atom. The maximum absolute atomic E-state index is 9.49. The van der Waals surface area contributed by atoms with E-state index in [4.69, 9.17) is 4.52 Å². The van der Waals surface area contributed by atoms with Crippen molar-refractivity contribution in [3.8, 4) is 0 Å². The van der Waals surface area contributed by atoms with Gasteiger partial charge >= 0.3 is 0 Å². The minimum absolute atomic E-state index is 0.121. The maximum atomic E-state index is 9.49. The molecule has 0 amide bonds. The Balaban J connectivity index is 1.83. The van der Waals surface area contributed by atoms with Crippen LogP contribution in [0, 0.1) is 0 Å². The first-order chi connectivity index (χ1) is 8.78. The summed E-state index contributed by atoms with van der Waals surface area (Å²) in [6.45, 7) is 2.91. The van der Waals surface area contributed by atoms with E-state index in [0.29, 0.717) is 12.4 Å². The average molecular weight is 253 g/mol. The van der Waals surface area contributed by atoms with E-state index in [-0.39, 0.29) is 12.1 Å². The van der Waals surface area contributed by atoms with Gasteiger partial charge in [0.1, 0.15) is 0 Å². The zero-order valence-corrected chi connectivity index (χ0v) is 11.1. The number of unbranched alkanes of at least 4 members (excludes halogenated alkanes) is 1. The topological polar surface area (TPSA) is 71.2 Å². The molecular weight excluding hydrogens is 230 g/mol. The number of hydrogen-bond acceptors (Lipinski definition) is 5. The Morgan fingerprint density at radius 3 is 2.83 bits per heavy atom. The molecule has 1 aliphatic rings. The summed E-state index contributed by atoms with van der Waals surface area (Å²) in [6, 6.07) is 0. The normalized spacial score (nSPS) is 18.3. The second kappa shape index (κ2) is 6.29. The van der Waals surface area contributed by atoms with Gasteiger partial charge in [-0.05, 0) is 19.3 Å². The molecule has 0 unspecified atom stereocenters. The van der Waals surface area contributed by atoms with Crippen molar-refractivity contribution >= 4 is 0 Å². The number of nitrogens with zero attached hydrogens (tertiary/aromatic N) is 2. The molecule has 2 N–H and O–H groups in total. The maximum Gasteiger partial charge on any atom is 0.226 e. The minimum atomic E-state index is -0.121. The quantitative estimate of drug-likeness (QED) is 0.775. The van der Waals surface area contributed by atoms with Crippen LogP contribution in [-0.4, -0.2) is 27.4 Å². The molecule has 0 bridgehead atoms. The van der Waals surface area contributed by atoms with Crippen LogP contribution in [-0.2, 0) is 13.0 Å². The van der Waals surface area contributed by atoms with Crippen molar-refractivity contribution in [2.24, 2.45) is 0 Å². The lowest BCUT2D eigenvalue weighted by molar-refractivity contribution is 0.161. The van der Waals surface area contributed by atoms with Gasteiger partial charge in [-0.15, -0.1) is 0 Å². The lowest BCUT2D eigenvalue weighted by Crippen LogP contribution is -2.45. The predicted octanol–water partition coefficient (Wildman–Crippen LogP) is 1.81. The van der Waals surface area contributed by atoms with Crippen molar-refractivity contribution in [1.29, 1.82) is 0 Å². The Bertz CT molecular complexity index is 359. The second-order valence-corrected chi connectivity index (χ2v) is 5.21. The van der Waals surface area contributed by atoms with Crippen LogP contribution in [0.15, 0.2) is 4.52 Å². The Hall–Kier alpha value is -0.940. The van der Waals surface area contributed by atoms with Gasteiger partial charge in [0.2, 0.25) is 5.89 Å². The highest BCUT2D eigenvalue weighted by molar-refractivity contribution is 4.95. The third-order valence-electron chi connectivity index (χ3n) is 3.74. The molecule has 5 heteroatoms. The number of aliphatic hydroxyl groups is 1. The summed E-state index contributed by atoms with van der Waals surface area (Å²) < 4.78 is 5.18. The van der Waals surface area contributed by atoms with Gasteiger partial charge in [-0.1, -0.05) is 31.3 Å². The van der Waals surface area contributed by atoms with Crippen LogP contribution >= 0.6 is 0 Å². The fourth-order valence-corrected chi connectivity index (χ4v) is 2.50. The van der Waals surface area contributed by atoms with Gasteiger partial charge < -0.3 is 14.9 Å². The van der Waals surface area contributed by atoms with E-state index in [1.54, 1.807) is 0 Å². The number of aliphatic hydroxyl groups excluding tert-OH is 1. The molecule has 18 heavy (non-hydrogen) atoms. The standard InChI is InChI=1S/C13H23N3O2/c1-2-3-6-12-15-11(16-18-12)9-14-13(10-17)7-4-5-8-13/h14,17H,2-10H2,1H3. The van der Waals surface area contributed by atoms with Gasteiger partial charge in [0.15, 0.2) is 5.82 Å². The van der Waals surface area contributed by atoms with Gasteiger partial charge in [0.25, 0.3) is 0 Å². The first-order valence-electron chi connectivity index (χ1n) is 6.95. The number of aromatic nitrogens is 2. The fourth-order valence-electron chi connectivity index (χ4n) is 2.50. The van der Waals surface area contributed by atoms with E-state index >= 15 is 0 Å². The van der Waals surface area contributed by atoms with Crippen LogP contribution in [0.3, 0.4) is 0 Å². The van der Waals surface area contributed by atoms with Crippen molar-refractivity contribution in [2.45, 2.75) is 64.0 Å². The molecule has 1 fully saturated rings. The first-order valence-corrected chi connectivity index (χ1v) is 6.95. The summed E-state index contributed by atoms with van der Waals surface area (Å²) in [5, 5.41) is 16.8. The molecule has 102 valence electrons. The molecule has 1 aliphatic carbocycles. The molecule has 0 aromatic carbocycles. The van der Waals surface area contributed by atoms with Crippen molar-refractivity contribution in [2.75, 3.05) is 6.61 Å². The van der Waals surface area contributed by atoms with E-state index in [1.807, 2.05) is 0 Å². The lowest BCUT2D eigenvalue weighted by atomic mass is 9.99. The van der Waals surface area contributed by atoms with Crippen molar-refractivity contribution in [1.82, 2.24) is 15.5 Å². The largest absolute Gasteiger partial charge is 0.394 e. The number of hydrogen-bond donors (Lipinski definition) is 2. The lowest BCUT2D eigenvalue weighted by Gasteiger charge is -2.27. The highest BCUT2D eigenvalue weighted by Crippen LogP contribution is 2.29. The van der Waals surface area contributed by atoms with E-state index in [9.17, 15) is 5.11 Å². The van der Waals surface area contributed by atoms with E-state index < -0.39 is 0 Å². The molecule has 1 heterocycles. The molecule has 0 radical (unpaired) electrons. The first kappa shape index (κ1) is 13.5. The van der Waals surface area contributed by atoms with Crippen molar-refractivity contribution in [3.63, 3.8) is 0 Å². The van der Waals surface area contributed by atoms with Crippen LogP contribution in [0.5, 0.6) is 0 Å². The summed E-state index contributed by atoms with van der Waals surface area (Å²) in [5.74, 6) is 1.42. The molecule has 0 atom stereocenters. The summed E-state index contributed by atoms with van der Waals surface area (Å²) >= 11 is 0. The minimum Gasteiger partial charge on any atom is -0.394 e. The molecule has 5 nitrogen and oxygen atoms in total. The predicted molar refractivity (Wildman–Crippen MR) is 68.0 cm³/mol.